The predicted molar refractivity (Wildman–Crippen MR) is 141 cm³/mol. The molecule has 1 aliphatic carbocycles. The maximum absolute atomic E-state index is 12.7. The quantitative estimate of drug-likeness (QED) is 0.259. The second-order valence-corrected chi connectivity index (χ2v) is 9.16. The van der Waals surface area contributed by atoms with Crippen LogP contribution in [0.5, 0.6) is 23.1 Å². The Hall–Kier alpha value is -4.22. The lowest BCUT2D eigenvalue weighted by Crippen LogP contribution is -2.19. The molecule has 2 aromatic heterocycles. The van der Waals surface area contributed by atoms with E-state index in [-0.39, 0.29) is 25.7 Å². The SMILES string of the molecule is COc1cc2c(Oc3cnn(CC(=O)Nc4cc(C)cc(CNC5CC5)c4)c3)ncnc2cc1OCCO. The third kappa shape index (κ3) is 6.36. The van der Waals surface area contributed by atoms with Crippen LogP contribution < -0.4 is 24.8 Å². The summed E-state index contributed by atoms with van der Waals surface area (Å²) in [6, 6.07) is 10.1. The summed E-state index contributed by atoms with van der Waals surface area (Å²) in [7, 11) is 1.52. The van der Waals surface area contributed by atoms with Gasteiger partial charge in [-0.05, 0) is 49.1 Å². The fourth-order valence-electron chi connectivity index (χ4n) is 4.08. The molecule has 11 heteroatoms. The molecule has 4 aromatic rings. The molecule has 0 saturated heterocycles. The van der Waals surface area contributed by atoms with E-state index in [4.69, 9.17) is 19.3 Å². The molecule has 1 fully saturated rings. The second kappa shape index (κ2) is 11.4. The number of rotatable bonds is 12. The van der Waals surface area contributed by atoms with E-state index in [1.165, 1.54) is 37.2 Å². The number of ether oxygens (including phenoxy) is 3. The first kappa shape index (κ1) is 25.4. The van der Waals surface area contributed by atoms with Crippen LogP contribution >= 0.6 is 0 Å². The summed E-state index contributed by atoms with van der Waals surface area (Å²) in [5, 5.41) is 20.4. The minimum atomic E-state index is -0.195. The van der Waals surface area contributed by atoms with Crippen LogP contribution in [-0.2, 0) is 17.9 Å². The molecule has 1 aliphatic rings. The van der Waals surface area contributed by atoms with Gasteiger partial charge in [-0.2, -0.15) is 5.10 Å². The van der Waals surface area contributed by atoms with Crippen molar-refractivity contribution >= 4 is 22.5 Å². The maximum Gasteiger partial charge on any atom is 0.246 e. The van der Waals surface area contributed by atoms with E-state index in [0.717, 1.165) is 23.4 Å². The lowest BCUT2D eigenvalue weighted by Gasteiger charge is -2.12. The average molecular weight is 519 g/mol. The van der Waals surface area contributed by atoms with Crippen LogP contribution in [0.2, 0.25) is 0 Å². The first-order chi connectivity index (χ1) is 18.5. The number of anilines is 1. The fraction of sp³-hybridized carbons (Fsp3) is 0.333. The number of nitrogens with zero attached hydrogens (tertiary/aromatic N) is 4. The molecule has 198 valence electrons. The van der Waals surface area contributed by atoms with Crippen molar-refractivity contribution in [2.75, 3.05) is 25.6 Å². The van der Waals surface area contributed by atoms with E-state index in [0.29, 0.717) is 40.1 Å². The summed E-state index contributed by atoms with van der Waals surface area (Å²) in [4.78, 5) is 21.2. The van der Waals surface area contributed by atoms with Crippen molar-refractivity contribution < 1.29 is 24.1 Å². The number of aliphatic hydroxyl groups excluding tert-OH is 1. The van der Waals surface area contributed by atoms with Crippen molar-refractivity contribution in [1.82, 2.24) is 25.1 Å². The van der Waals surface area contributed by atoms with Crippen LogP contribution in [-0.4, -0.2) is 57.1 Å². The van der Waals surface area contributed by atoms with Crippen molar-refractivity contribution in [1.29, 1.82) is 0 Å². The summed E-state index contributed by atoms with van der Waals surface area (Å²) in [6.45, 7) is 2.84. The molecule has 5 rings (SSSR count). The molecular weight excluding hydrogens is 488 g/mol. The Morgan fingerprint density at radius 1 is 1.16 bits per heavy atom. The minimum absolute atomic E-state index is 0.0247. The molecule has 1 amide bonds. The van der Waals surface area contributed by atoms with E-state index in [1.54, 1.807) is 18.3 Å². The lowest BCUT2D eigenvalue weighted by atomic mass is 10.1. The van der Waals surface area contributed by atoms with Gasteiger partial charge >= 0.3 is 0 Å². The number of carbonyl (C=O) groups excluding carboxylic acids is 1. The van der Waals surface area contributed by atoms with Crippen molar-refractivity contribution in [3.8, 4) is 23.1 Å². The van der Waals surface area contributed by atoms with E-state index >= 15 is 0 Å². The average Bonchev–Trinajstić information content (AvgIpc) is 3.63. The van der Waals surface area contributed by atoms with Gasteiger partial charge in [0.1, 0.15) is 19.5 Å². The highest BCUT2D eigenvalue weighted by molar-refractivity contribution is 5.90. The van der Waals surface area contributed by atoms with Gasteiger partial charge in [0.2, 0.25) is 11.8 Å². The summed E-state index contributed by atoms with van der Waals surface area (Å²) in [5.74, 6) is 1.44. The second-order valence-electron chi connectivity index (χ2n) is 9.16. The van der Waals surface area contributed by atoms with Crippen molar-refractivity contribution in [2.45, 2.75) is 38.9 Å². The van der Waals surface area contributed by atoms with Gasteiger partial charge in [-0.25, -0.2) is 9.97 Å². The largest absolute Gasteiger partial charge is 0.493 e. The number of aryl methyl sites for hydroxylation is 1. The summed E-state index contributed by atoms with van der Waals surface area (Å²) >= 11 is 0. The number of carbonyl (C=O) groups is 1. The van der Waals surface area contributed by atoms with Gasteiger partial charge in [-0.1, -0.05) is 6.07 Å². The highest BCUT2D eigenvalue weighted by Crippen LogP contribution is 2.36. The van der Waals surface area contributed by atoms with Gasteiger partial charge in [0.15, 0.2) is 17.2 Å². The van der Waals surface area contributed by atoms with Crippen LogP contribution in [0.1, 0.15) is 24.0 Å². The van der Waals surface area contributed by atoms with Gasteiger partial charge in [0.05, 0.1) is 37.0 Å². The Balaban J connectivity index is 1.25. The molecule has 0 radical (unpaired) electrons. The maximum atomic E-state index is 12.7. The van der Waals surface area contributed by atoms with E-state index in [2.05, 4.69) is 31.8 Å². The standard InChI is InChI=1S/C27H30N6O5/c1-17-7-18(12-28-19-3-4-19)9-20(8-17)32-26(35)15-33-14-21(13-31-33)38-27-22-10-24(36-2)25(37-6-5-34)11-23(22)29-16-30-27/h7-11,13-14,16,19,28,34H,3-6,12,15H2,1-2H3,(H,32,35). The summed E-state index contributed by atoms with van der Waals surface area (Å²) in [6.07, 6.45) is 6.99. The fourth-order valence-corrected chi connectivity index (χ4v) is 4.08. The van der Waals surface area contributed by atoms with Gasteiger partial charge in [0, 0.05) is 24.3 Å². The Morgan fingerprint density at radius 2 is 2.03 bits per heavy atom. The van der Waals surface area contributed by atoms with E-state index in [1.807, 2.05) is 19.1 Å². The highest BCUT2D eigenvalue weighted by atomic mass is 16.5. The highest BCUT2D eigenvalue weighted by Gasteiger charge is 2.20. The molecule has 11 nitrogen and oxygen atoms in total. The van der Waals surface area contributed by atoms with Crippen LogP contribution in [0.4, 0.5) is 5.69 Å². The lowest BCUT2D eigenvalue weighted by molar-refractivity contribution is -0.116. The number of aromatic nitrogens is 4. The number of hydrogen-bond acceptors (Lipinski definition) is 9. The number of nitrogens with one attached hydrogen (secondary N) is 2. The van der Waals surface area contributed by atoms with E-state index in [9.17, 15) is 4.79 Å². The van der Waals surface area contributed by atoms with Gasteiger partial charge in [0.25, 0.3) is 0 Å². The minimum Gasteiger partial charge on any atom is -0.493 e. The Bertz CT molecular complexity index is 1440. The number of methoxy groups -OCH3 is 1. The molecule has 2 aromatic carbocycles. The molecular formula is C27H30N6O5. The monoisotopic (exact) mass is 518 g/mol. The zero-order chi connectivity index (χ0) is 26.5. The van der Waals surface area contributed by atoms with E-state index < -0.39 is 0 Å². The Labute approximate surface area is 219 Å². The summed E-state index contributed by atoms with van der Waals surface area (Å²) < 4.78 is 18.4. The number of amides is 1. The summed E-state index contributed by atoms with van der Waals surface area (Å²) in [5.41, 5.74) is 3.57. The molecule has 0 aliphatic heterocycles. The van der Waals surface area contributed by atoms with Crippen molar-refractivity contribution in [3.63, 3.8) is 0 Å². The predicted octanol–water partition coefficient (Wildman–Crippen LogP) is 3.20. The molecule has 1 saturated carbocycles. The Kier molecular flexibility index (Phi) is 7.66. The molecule has 2 heterocycles. The third-order valence-corrected chi connectivity index (χ3v) is 5.96. The number of hydrogen-bond donors (Lipinski definition) is 3. The van der Waals surface area contributed by atoms with Crippen LogP contribution in [0.25, 0.3) is 10.9 Å². The molecule has 0 unspecified atom stereocenters. The molecule has 3 N–H and O–H groups in total. The van der Waals surface area contributed by atoms with Gasteiger partial charge in [-0.3, -0.25) is 9.48 Å². The third-order valence-electron chi connectivity index (χ3n) is 5.96. The Morgan fingerprint density at radius 3 is 2.82 bits per heavy atom. The molecule has 0 spiro atoms. The first-order valence-electron chi connectivity index (χ1n) is 12.4. The van der Waals surface area contributed by atoms with Crippen molar-refractivity contribution in [2.24, 2.45) is 0 Å². The zero-order valence-electron chi connectivity index (χ0n) is 21.3. The van der Waals surface area contributed by atoms with Crippen molar-refractivity contribution in [3.05, 3.63) is 60.2 Å². The molecule has 0 atom stereocenters. The smallest absolute Gasteiger partial charge is 0.246 e. The topological polar surface area (TPSA) is 133 Å². The number of aliphatic hydroxyl groups is 1. The van der Waals surface area contributed by atoms with Crippen LogP contribution in [0, 0.1) is 6.92 Å². The van der Waals surface area contributed by atoms with Gasteiger partial charge < -0.3 is 30.0 Å². The normalized spacial score (nSPS) is 12.9. The molecule has 38 heavy (non-hydrogen) atoms. The first-order valence-corrected chi connectivity index (χ1v) is 12.4. The molecule has 0 bridgehead atoms. The van der Waals surface area contributed by atoms with Crippen LogP contribution in [0.3, 0.4) is 0 Å². The number of fused-ring (bicyclic) bond motifs is 1. The van der Waals surface area contributed by atoms with Crippen LogP contribution in [0.15, 0.2) is 49.1 Å². The van der Waals surface area contributed by atoms with Gasteiger partial charge in [-0.15, -0.1) is 0 Å². The number of benzene rings is 2. The zero-order valence-corrected chi connectivity index (χ0v) is 21.3.